The van der Waals surface area contributed by atoms with E-state index in [-0.39, 0.29) is 22.8 Å². The summed E-state index contributed by atoms with van der Waals surface area (Å²) in [5.41, 5.74) is 0.670. The van der Waals surface area contributed by atoms with Gasteiger partial charge in [0.25, 0.3) is 0 Å². The van der Waals surface area contributed by atoms with Gasteiger partial charge >= 0.3 is 5.97 Å². The molecule has 162 valence electrons. The largest absolute Gasteiger partial charge is 0.504 e. The maximum absolute atomic E-state index is 12.8. The fourth-order valence-electron chi connectivity index (χ4n) is 2.93. The zero-order chi connectivity index (χ0) is 22.4. The molecule has 1 N–H and O–H groups in total. The van der Waals surface area contributed by atoms with Gasteiger partial charge in [0, 0.05) is 5.56 Å². The van der Waals surface area contributed by atoms with Crippen LogP contribution in [0.5, 0.6) is 28.7 Å². The third kappa shape index (κ3) is 4.76. The minimum absolute atomic E-state index is 0.104. The lowest BCUT2D eigenvalue weighted by molar-refractivity contribution is -0.123. The number of hydrogen-bond donors (Lipinski definition) is 1. The Labute approximate surface area is 175 Å². The van der Waals surface area contributed by atoms with Crippen LogP contribution in [0.3, 0.4) is 0 Å². The number of ketones is 1. The first kappa shape index (κ1) is 22.9. The zero-order valence-electron chi connectivity index (χ0n) is 17.8. The summed E-state index contributed by atoms with van der Waals surface area (Å²) in [5.74, 6) is -0.334. The predicted molar refractivity (Wildman–Crippen MR) is 109 cm³/mol. The number of Topliss-reactive ketones (excluding diaryl/α,β-unsaturated/α-hetero) is 1. The molecular weight excluding hydrogens is 392 g/mol. The normalized spacial score (nSPS) is 12.5. The molecular formula is C22H26O8. The van der Waals surface area contributed by atoms with Gasteiger partial charge in [-0.25, -0.2) is 4.79 Å². The average Bonchev–Trinajstić information content (AvgIpc) is 2.75. The maximum atomic E-state index is 12.8. The van der Waals surface area contributed by atoms with E-state index in [0.29, 0.717) is 22.8 Å². The van der Waals surface area contributed by atoms with E-state index >= 15 is 0 Å². The van der Waals surface area contributed by atoms with Gasteiger partial charge in [-0.05, 0) is 37.3 Å². The van der Waals surface area contributed by atoms with Gasteiger partial charge < -0.3 is 28.8 Å². The van der Waals surface area contributed by atoms with E-state index in [1.54, 1.807) is 19.1 Å². The van der Waals surface area contributed by atoms with Crippen LogP contribution in [0.25, 0.3) is 0 Å². The van der Waals surface area contributed by atoms with Crippen LogP contribution in [-0.4, -0.2) is 45.3 Å². The first-order valence-corrected chi connectivity index (χ1v) is 9.15. The molecule has 0 amide bonds. The molecule has 30 heavy (non-hydrogen) atoms. The summed E-state index contributed by atoms with van der Waals surface area (Å²) in [6, 6.07) is 7.37. The summed E-state index contributed by atoms with van der Waals surface area (Å²) in [6.07, 6.45) is -0.913. The molecule has 0 heterocycles. The van der Waals surface area contributed by atoms with Crippen molar-refractivity contribution in [1.82, 2.24) is 0 Å². The summed E-state index contributed by atoms with van der Waals surface area (Å²) in [5, 5.41) is 9.74. The fourth-order valence-corrected chi connectivity index (χ4v) is 2.93. The molecule has 2 rings (SSSR count). The van der Waals surface area contributed by atoms with Gasteiger partial charge in [0.1, 0.15) is 11.9 Å². The number of aromatic hydroxyl groups is 1. The number of benzene rings is 2. The molecule has 0 radical (unpaired) electrons. The quantitative estimate of drug-likeness (QED) is 0.617. The Hall–Kier alpha value is -3.42. The molecule has 2 aromatic carbocycles. The van der Waals surface area contributed by atoms with E-state index in [9.17, 15) is 14.7 Å². The minimum atomic E-state index is -0.913. The van der Waals surface area contributed by atoms with Crippen LogP contribution in [0.15, 0.2) is 30.3 Å². The highest BCUT2D eigenvalue weighted by Gasteiger charge is 2.30. The minimum Gasteiger partial charge on any atom is -0.504 e. The Kier molecular flexibility index (Phi) is 7.52. The molecule has 8 heteroatoms. The van der Waals surface area contributed by atoms with Crippen molar-refractivity contribution < 1.29 is 38.4 Å². The summed E-state index contributed by atoms with van der Waals surface area (Å²) in [4.78, 5) is 24.9. The summed E-state index contributed by atoms with van der Waals surface area (Å²) in [6.45, 7) is 3.09. The molecule has 0 aromatic heterocycles. The Morgan fingerprint density at radius 2 is 1.43 bits per heavy atom. The van der Waals surface area contributed by atoms with Crippen molar-refractivity contribution in [2.24, 2.45) is 5.92 Å². The second-order valence-corrected chi connectivity index (χ2v) is 6.57. The van der Waals surface area contributed by atoms with Crippen molar-refractivity contribution in [3.63, 3.8) is 0 Å². The van der Waals surface area contributed by atoms with E-state index in [0.717, 1.165) is 0 Å². The van der Waals surface area contributed by atoms with E-state index in [4.69, 9.17) is 23.7 Å². The topological polar surface area (TPSA) is 101 Å². The standard InChI is InChI=1S/C22H26O8/c1-12(13(2)23)20(15-10-18(27-4)21(29-6)19(11-15)28-5)30-22(25)14-7-8-16(24)17(9-14)26-3/h7-12,20,24H,1-6H3/t12-,20-/m1/s1. The highest BCUT2D eigenvalue weighted by atomic mass is 16.5. The van der Waals surface area contributed by atoms with Crippen molar-refractivity contribution in [1.29, 1.82) is 0 Å². The van der Waals surface area contributed by atoms with Crippen molar-refractivity contribution in [3.8, 4) is 28.7 Å². The van der Waals surface area contributed by atoms with E-state index in [1.165, 1.54) is 53.6 Å². The number of methoxy groups -OCH3 is 4. The van der Waals surface area contributed by atoms with Gasteiger partial charge in [0.05, 0.1) is 39.9 Å². The average molecular weight is 418 g/mol. The van der Waals surface area contributed by atoms with Crippen LogP contribution >= 0.6 is 0 Å². The van der Waals surface area contributed by atoms with Crippen LogP contribution in [0.2, 0.25) is 0 Å². The van der Waals surface area contributed by atoms with E-state index < -0.39 is 18.0 Å². The Bertz CT molecular complexity index is 896. The molecule has 2 atom stereocenters. The summed E-state index contributed by atoms with van der Waals surface area (Å²) < 4.78 is 26.8. The lowest BCUT2D eigenvalue weighted by Gasteiger charge is -2.24. The van der Waals surface area contributed by atoms with Crippen LogP contribution in [-0.2, 0) is 9.53 Å². The van der Waals surface area contributed by atoms with E-state index in [1.807, 2.05) is 0 Å². The first-order chi connectivity index (χ1) is 14.3. The number of phenolic OH excluding ortho intramolecular Hbond substituents is 1. The molecule has 0 bridgehead atoms. The van der Waals surface area contributed by atoms with Crippen molar-refractivity contribution in [3.05, 3.63) is 41.5 Å². The second-order valence-electron chi connectivity index (χ2n) is 6.57. The molecule has 0 spiro atoms. The van der Waals surface area contributed by atoms with Gasteiger partial charge in [-0.1, -0.05) is 6.92 Å². The van der Waals surface area contributed by atoms with Crippen molar-refractivity contribution in [2.45, 2.75) is 20.0 Å². The Morgan fingerprint density at radius 1 is 0.867 bits per heavy atom. The highest BCUT2D eigenvalue weighted by Crippen LogP contribution is 2.42. The van der Waals surface area contributed by atoms with Gasteiger partial charge in [0.2, 0.25) is 5.75 Å². The second kappa shape index (κ2) is 9.87. The van der Waals surface area contributed by atoms with Crippen molar-refractivity contribution >= 4 is 11.8 Å². The van der Waals surface area contributed by atoms with Gasteiger partial charge in [-0.2, -0.15) is 0 Å². The third-order valence-electron chi connectivity index (χ3n) is 4.76. The highest BCUT2D eigenvalue weighted by molar-refractivity contribution is 5.91. The molecule has 0 saturated carbocycles. The number of carbonyl (C=O) groups is 2. The van der Waals surface area contributed by atoms with Gasteiger partial charge in [-0.3, -0.25) is 4.79 Å². The van der Waals surface area contributed by atoms with Crippen LogP contribution in [0, 0.1) is 5.92 Å². The fraction of sp³-hybridized carbons (Fsp3) is 0.364. The molecule has 0 aliphatic rings. The molecule has 0 aliphatic carbocycles. The molecule has 2 aromatic rings. The number of carbonyl (C=O) groups excluding carboxylic acids is 2. The van der Waals surface area contributed by atoms with Crippen LogP contribution in [0.4, 0.5) is 0 Å². The number of rotatable bonds is 9. The van der Waals surface area contributed by atoms with Crippen LogP contribution in [0.1, 0.15) is 35.9 Å². The Morgan fingerprint density at radius 3 is 1.90 bits per heavy atom. The van der Waals surface area contributed by atoms with E-state index in [2.05, 4.69) is 0 Å². The predicted octanol–water partition coefficient (Wildman–Crippen LogP) is 3.55. The maximum Gasteiger partial charge on any atom is 0.338 e. The summed E-state index contributed by atoms with van der Waals surface area (Å²) in [7, 11) is 5.80. The zero-order valence-corrected chi connectivity index (χ0v) is 17.8. The SMILES string of the molecule is COc1cc(C(=O)O[C@@H](c2cc(OC)c(OC)c(OC)c2)[C@H](C)C(C)=O)ccc1O. The van der Waals surface area contributed by atoms with Gasteiger partial charge in [-0.15, -0.1) is 0 Å². The molecule has 0 saturated heterocycles. The van der Waals surface area contributed by atoms with Gasteiger partial charge in [0.15, 0.2) is 23.0 Å². The lowest BCUT2D eigenvalue weighted by atomic mass is 9.93. The molecule has 8 nitrogen and oxygen atoms in total. The van der Waals surface area contributed by atoms with Crippen LogP contribution < -0.4 is 18.9 Å². The number of hydrogen-bond acceptors (Lipinski definition) is 8. The molecule has 0 unspecified atom stereocenters. The molecule has 0 fully saturated rings. The number of phenols is 1. The molecule has 0 aliphatic heterocycles. The smallest absolute Gasteiger partial charge is 0.338 e. The lowest BCUT2D eigenvalue weighted by Crippen LogP contribution is -2.23. The number of esters is 1. The monoisotopic (exact) mass is 418 g/mol. The summed E-state index contributed by atoms with van der Waals surface area (Å²) >= 11 is 0. The third-order valence-corrected chi connectivity index (χ3v) is 4.76. The first-order valence-electron chi connectivity index (χ1n) is 9.15. The Balaban J connectivity index is 2.49. The number of ether oxygens (including phenoxy) is 5. The van der Waals surface area contributed by atoms with Crippen molar-refractivity contribution in [2.75, 3.05) is 28.4 Å².